The fraction of sp³-hybridized carbons (Fsp3) is 1.00. The van der Waals surface area contributed by atoms with Crippen molar-refractivity contribution in [1.29, 1.82) is 0 Å². The summed E-state index contributed by atoms with van der Waals surface area (Å²) in [6.07, 6.45) is 14.4. The Morgan fingerprint density at radius 2 is 1.12 bits per heavy atom. The van der Waals surface area contributed by atoms with Crippen LogP contribution in [0.1, 0.15) is 85.0 Å². The van der Waals surface area contributed by atoms with Crippen molar-refractivity contribution in [2.75, 3.05) is 0 Å². The Hall–Kier alpha value is 1.53. The molecular formula is C14H31ISn. The van der Waals surface area contributed by atoms with Crippen LogP contribution in [0.5, 0.6) is 0 Å². The first-order valence-corrected chi connectivity index (χ1v) is 7.83. The fourth-order valence-electron chi connectivity index (χ4n) is 1.86. The molecule has 0 atom stereocenters. The van der Waals surface area contributed by atoms with E-state index in [1.165, 1.54) is 64.2 Å². The minimum atomic E-state index is 0. The van der Waals surface area contributed by atoms with Crippen molar-refractivity contribution in [3.8, 4) is 0 Å². The third-order valence-corrected chi connectivity index (χ3v) is 3.41. The standard InChI is InChI=1S/C14H29I.Sn.2H/c1-4-5-6-7-8-9-10-11-12-13-14(2,3)15;;;/h4-13H2,1-3H3;;;. The summed E-state index contributed by atoms with van der Waals surface area (Å²) in [6, 6.07) is 0. The molecule has 0 nitrogen and oxygen atoms in total. The molecule has 0 spiro atoms. The van der Waals surface area contributed by atoms with E-state index in [1.54, 1.807) is 0 Å². The molecule has 0 aromatic carbocycles. The van der Waals surface area contributed by atoms with Gasteiger partial charge in [-0.2, -0.15) is 0 Å². The summed E-state index contributed by atoms with van der Waals surface area (Å²) in [5.41, 5.74) is 0. The second-order valence-electron chi connectivity index (χ2n) is 5.30. The van der Waals surface area contributed by atoms with Gasteiger partial charge < -0.3 is 0 Å². The van der Waals surface area contributed by atoms with Crippen LogP contribution in [-0.2, 0) is 0 Å². The average molecular weight is 445 g/mol. The third-order valence-electron chi connectivity index (χ3n) is 2.87. The van der Waals surface area contributed by atoms with Crippen molar-refractivity contribution < 1.29 is 0 Å². The van der Waals surface area contributed by atoms with E-state index in [1.807, 2.05) is 0 Å². The molecule has 2 radical (unpaired) electrons. The molecule has 0 saturated carbocycles. The van der Waals surface area contributed by atoms with Crippen LogP contribution < -0.4 is 0 Å². The molecule has 0 aliphatic rings. The Morgan fingerprint density at radius 3 is 1.50 bits per heavy atom. The van der Waals surface area contributed by atoms with E-state index in [4.69, 9.17) is 0 Å². The maximum absolute atomic E-state index is 2.56. The Morgan fingerprint density at radius 1 is 0.750 bits per heavy atom. The van der Waals surface area contributed by atoms with Crippen LogP contribution >= 0.6 is 22.6 Å². The molecule has 0 unspecified atom stereocenters. The van der Waals surface area contributed by atoms with E-state index in [-0.39, 0.29) is 23.9 Å². The second kappa shape index (κ2) is 13.0. The van der Waals surface area contributed by atoms with E-state index in [0.29, 0.717) is 3.42 Å². The predicted octanol–water partition coefficient (Wildman–Crippen LogP) is 5.20. The van der Waals surface area contributed by atoms with Gasteiger partial charge in [-0.25, -0.2) is 0 Å². The molecule has 0 fully saturated rings. The van der Waals surface area contributed by atoms with Crippen LogP contribution in [0, 0.1) is 0 Å². The first-order valence-electron chi connectivity index (χ1n) is 6.75. The van der Waals surface area contributed by atoms with Gasteiger partial charge in [-0.1, -0.05) is 101 Å². The van der Waals surface area contributed by atoms with Crippen LogP contribution in [0.4, 0.5) is 0 Å². The molecule has 0 aliphatic carbocycles. The van der Waals surface area contributed by atoms with Crippen LogP contribution in [0.15, 0.2) is 0 Å². The average Bonchev–Trinajstić information content (AvgIpc) is 2.14. The summed E-state index contributed by atoms with van der Waals surface area (Å²) in [5, 5.41) is 0. The summed E-state index contributed by atoms with van der Waals surface area (Å²) >= 11 is 2.56. The van der Waals surface area contributed by atoms with Crippen molar-refractivity contribution in [3.05, 3.63) is 0 Å². The molecule has 0 aromatic heterocycles. The minimum absolute atomic E-state index is 0. The van der Waals surface area contributed by atoms with Crippen LogP contribution in [0.3, 0.4) is 0 Å². The van der Waals surface area contributed by atoms with Gasteiger partial charge in [0.2, 0.25) is 0 Å². The predicted molar refractivity (Wildman–Crippen MR) is 88.5 cm³/mol. The van der Waals surface area contributed by atoms with Gasteiger partial charge in [0, 0.05) is 3.42 Å². The molecule has 0 bridgehead atoms. The number of rotatable bonds is 10. The van der Waals surface area contributed by atoms with Crippen LogP contribution in [0.25, 0.3) is 0 Å². The van der Waals surface area contributed by atoms with Crippen molar-refractivity contribution >= 4 is 46.5 Å². The number of hydrogen-bond donors (Lipinski definition) is 0. The first-order chi connectivity index (χ1) is 7.06. The Bertz CT molecular complexity index is 129. The summed E-state index contributed by atoms with van der Waals surface area (Å²) in [5.74, 6) is 0. The van der Waals surface area contributed by atoms with Gasteiger partial charge in [0.15, 0.2) is 0 Å². The van der Waals surface area contributed by atoms with Gasteiger partial charge >= 0.3 is 23.9 Å². The van der Waals surface area contributed by atoms with Gasteiger partial charge in [-0.05, 0) is 6.42 Å². The SMILES string of the molecule is CCCCCCCCCCCC(C)(C)I.[SnH2]. The normalized spacial score (nSPS) is 11.2. The maximum atomic E-state index is 2.56. The van der Waals surface area contributed by atoms with Gasteiger partial charge in [-0.3, -0.25) is 0 Å². The first kappa shape index (κ1) is 19.9. The summed E-state index contributed by atoms with van der Waals surface area (Å²) in [6.45, 7) is 6.95. The zero-order chi connectivity index (χ0) is 11.6. The number of halogens is 1. The van der Waals surface area contributed by atoms with E-state index < -0.39 is 0 Å². The van der Waals surface area contributed by atoms with Crippen molar-refractivity contribution in [3.63, 3.8) is 0 Å². The van der Waals surface area contributed by atoms with Crippen LogP contribution in [-0.4, -0.2) is 27.3 Å². The monoisotopic (exact) mass is 446 g/mol. The number of hydrogen-bond acceptors (Lipinski definition) is 0. The number of unbranched alkanes of at least 4 members (excludes halogenated alkanes) is 8. The van der Waals surface area contributed by atoms with E-state index in [2.05, 4.69) is 43.4 Å². The third kappa shape index (κ3) is 17.9. The zero-order valence-electron chi connectivity index (χ0n) is 11.7. The second-order valence-corrected chi connectivity index (χ2v) is 8.22. The Kier molecular flexibility index (Phi) is 16.1. The topological polar surface area (TPSA) is 0 Å². The molecule has 0 rings (SSSR count). The fourth-order valence-corrected chi connectivity index (χ4v) is 2.24. The molecule has 0 saturated heterocycles. The molecule has 0 heterocycles. The van der Waals surface area contributed by atoms with Crippen molar-refractivity contribution in [1.82, 2.24) is 0 Å². The van der Waals surface area contributed by atoms with Crippen LogP contribution in [0.2, 0.25) is 0 Å². The molecule has 16 heavy (non-hydrogen) atoms. The summed E-state index contributed by atoms with van der Waals surface area (Å²) in [4.78, 5) is 0. The van der Waals surface area contributed by atoms with Crippen molar-refractivity contribution in [2.24, 2.45) is 0 Å². The van der Waals surface area contributed by atoms with Crippen molar-refractivity contribution in [2.45, 2.75) is 88.4 Å². The van der Waals surface area contributed by atoms with Gasteiger partial charge in [-0.15, -0.1) is 0 Å². The van der Waals surface area contributed by atoms with E-state index in [9.17, 15) is 0 Å². The van der Waals surface area contributed by atoms with Gasteiger partial charge in [0.05, 0.1) is 0 Å². The van der Waals surface area contributed by atoms with Gasteiger partial charge in [0.1, 0.15) is 0 Å². The number of alkyl halides is 1. The van der Waals surface area contributed by atoms with E-state index in [0.717, 1.165) is 0 Å². The Labute approximate surface area is 134 Å². The zero-order valence-corrected chi connectivity index (χ0v) is 17.8. The summed E-state index contributed by atoms with van der Waals surface area (Å²) in [7, 11) is 0. The van der Waals surface area contributed by atoms with Gasteiger partial charge in [0.25, 0.3) is 0 Å². The molecule has 98 valence electrons. The molecular weight excluding hydrogens is 414 g/mol. The summed E-state index contributed by atoms with van der Waals surface area (Å²) < 4.78 is 0.513. The molecule has 0 aliphatic heterocycles. The molecule has 0 N–H and O–H groups in total. The Balaban J connectivity index is 0. The molecule has 2 heteroatoms. The van der Waals surface area contributed by atoms with E-state index >= 15 is 0 Å². The quantitative estimate of drug-likeness (QED) is 0.188. The molecule has 0 aromatic rings. The molecule has 0 amide bonds.